The van der Waals surface area contributed by atoms with Gasteiger partial charge in [0.2, 0.25) is 11.8 Å². The van der Waals surface area contributed by atoms with Crippen LogP contribution in [-0.4, -0.2) is 69.5 Å². The van der Waals surface area contributed by atoms with E-state index in [-0.39, 0.29) is 29.4 Å². The summed E-state index contributed by atoms with van der Waals surface area (Å²) in [6, 6.07) is -0.641. The Labute approximate surface area is 135 Å². The van der Waals surface area contributed by atoms with Crippen LogP contribution in [0, 0.1) is 5.41 Å². The Kier molecular flexibility index (Phi) is 3.18. The molecule has 1 spiro atoms. The summed E-state index contributed by atoms with van der Waals surface area (Å²) in [5.74, 6) is 1.24. The number of amides is 2. The van der Waals surface area contributed by atoms with Gasteiger partial charge in [-0.3, -0.25) is 5.21 Å². The van der Waals surface area contributed by atoms with Crippen molar-refractivity contribution in [3.8, 4) is 0 Å². The molecule has 3 atom stereocenters. The van der Waals surface area contributed by atoms with Crippen LogP contribution < -0.4 is 0 Å². The maximum absolute atomic E-state index is 12.3. The van der Waals surface area contributed by atoms with E-state index in [2.05, 4.69) is 15.1 Å². The molecule has 2 saturated heterocycles. The van der Waals surface area contributed by atoms with Crippen LogP contribution in [-0.2, 0) is 0 Å². The predicted molar refractivity (Wildman–Crippen MR) is 79.8 cm³/mol. The molecule has 0 radical (unpaired) electrons. The molecule has 3 aliphatic rings. The van der Waals surface area contributed by atoms with E-state index in [0.717, 1.165) is 30.9 Å². The van der Waals surface area contributed by atoms with Gasteiger partial charge in [-0.25, -0.2) is 9.86 Å². The third-order valence-electron chi connectivity index (χ3n) is 5.48. The first-order valence-electron chi connectivity index (χ1n) is 8.18. The van der Waals surface area contributed by atoms with Crippen LogP contribution in [0.2, 0.25) is 0 Å². The molecule has 1 aromatic heterocycles. The predicted octanol–water partition coefficient (Wildman–Crippen LogP) is 1.46. The molecular weight excluding hydrogens is 298 g/mol. The molecule has 2 amide bonds. The molecule has 0 aromatic carbocycles. The van der Waals surface area contributed by atoms with Crippen molar-refractivity contribution in [3.63, 3.8) is 0 Å². The average Bonchev–Trinajstić information content (AvgIpc) is 2.99. The Morgan fingerprint density at radius 1 is 1.43 bits per heavy atom. The van der Waals surface area contributed by atoms with Gasteiger partial charge in [-0.05, 0) is 38.8 Å². The molecule has 23 heavy (non-hydrogen) atoms. The first-order chi connectivity index (χ1) is 10.9. The highest BCUT2D eigenvalue weighted by atomic mass is 16.5. The summed E-state index contributed by atoms with van der Waals surface area (Å²) < 4.78 is 5.90. The van der Waals surface area contributed by atoms with Crippen molar-refractivity contribution in [2.45, 2.75) is 44.2 Å². The molecule has 2 aliphatic heterocycles. The third-order valence-corrected chi connectivity index (χ3v) is 5.48. The third kappa shape index (κ3) is 2.23. The lowest BCUT2D eigenvalue weighted by Gasteiger charge is -2.34. The highest BCUT2D eigenvalue weighted by Crippen LogP contribution is 2.61. The molecule has 1 aromatic rings. The van der Waals surface area contributed by atoms with Crippen molar-refractivity contribution in [1.29, 1.82) is 0 Å². The van der Waals surface area contributed by atoms with Gasteiger partial charge in [-0.15, -0.1) is 10.2 Å². The minimum absolute atomic E-state index is 0.0337. The normalized spacial score (nSPS) is 29.7. The van der Waals surface area contributed by atoms with Crippen molar-refractivity contribution in [2.75, 3.05) is 27.2 Å². The van der Waals surface area contributed by atoms with E-state index in [1.165, 1.54) is 0 Å². The fourth-order valence-corrected chi connectivity index (χ4v) is 4.08. The summed E-state index contributed by atoms with van der Waals surface area (Å²) in [4.78, 5) is 16.0. The van der Waals surface area contributed by atoms with Crippen molar-refractivity contribution >= 4 is 6.03 Å². The van der Waals surface area contributed by atoms with Crippen LogP contribution >= 0.6 is 0 Å². The van der Waals surface area contributed by atoms with Crippen LogP contribution in [0.3, 0.4) is 0 Å². The number of hydroxylamine groups is 2. The number of nitrogens with zero attached hydrogens (tertiary/aromatic N) is 5. The first kappa shape index (κ1) is 14.9. The number of fused-ring (bicyclic) bond motifs is 3. The summed E-state index contributed by atoms with van der Waals surface area (Å²) in [7, 11) is 4.01. The second-order valence-corrected chi connectivity index (χ2v) is 7.52. The minimum Gasteiger partial charge on any atom is -0.423 e. The van der Waals surface area contributed by atoms with Gasteiger partial charge in [0.1, 0.15) is 6.04 Å². The maximum Gasteiger partial charge on any atom is 0.344 e. The fraction of sp³-hybridized carbons (Fsp3) is 0.800. The Bertz CT molecular complexity index is 626. The Hall–Kier alpha value is -1.67. The smallest absolute Gasteiger partial charge is 0.344 e. The number of piperidine rings is 1. The molecule has 8 heteroatoms. The monoisotopic (exact) mass is 321 g/mol. The summed E-state index contributed by atoms with van der Waals surface area (Å²) in [6.45, 7) is 3.42. The quantitative estimate of drug-likeness (QED) is 0.845. The Morgan fingerprint density at radius 2 is 2.17 bits per heavy atom. The minimum atomic E-state index is -0.343. The number of aromatic nitrogens is 2. The van der Waals surface area contributed by atoms with E-state index in [1.54, 1.807) is 4.90 Å². The molecule has 4 rings (SSSR count). The summed E-state index contributed by atoms with van der Waals surface area (Å²) in [6.07, 6.45) is 2.89. The van der Waals surface area contributed by atoms with Crippen LogP contribution in [0.4, 0.5) is 4.79 Å². The lowest BCUT2D eigenvalue weighted by Crippen LogP contribution is -2.41. The van der Waals surface area contributed by atoms with Gasteiger partial charge in [-0.1, -0.05) is 6.92 Å². The van der Waals surface area contributed by atoms with E-state index < -0.39 is 0 Å². The van der Waals surface area contributed by atoms with E-state index in [9.17, 15) is 10.0 Å². The molecule has 2 bridgehead atoms. The summed E-state index contributed by atoms with van der Waals surface area (Å²) in [5, 5.41) is 19.4. The van der Waals surface area contributed by atoms with Gasteiger partial charge in [-0.2, -0.15) is 0 Å². The average molecular weight is 321 g/mol. The number of hydrogen-bond donors (Lipinski definition) is 1. The maximum atomic E-state index is 12.3. The highest BCUT2D eigenvalue weighted by molar-refractivity contribution is 5.77. The second kappa shape index (κ2) is 4.91. The Morgan fingerprint density at radius 3 is 2.83 bits per heavy atom. The summed E-state index contributed by atoms with van der Waals surface area (Å²) >= 11 is 0. The number of carbonyl (C=O) groups excluding carboxylic acids is 1. The van der Waals surface area contributed by atoms with Gasteiger partial charge in [0.15, 0.2) is 0 Å². The number of hydrogen-bond acceptors (Lipinski definition) is 6. The van der Waals surface area contributed by atoms with Gasteiger partial charge in [0, 0.05) is 19.0 Å². The zero-order valence-electron chi connectivity index (χ0n) is 13.8. The van der Waals surface area contributed by atoms with Gasteiger partial charge >= 0.3 is 6.03 Å². The Balaban J connectivity index is 1.59. The first-order valence-corrected chi connectivity index (χ1v) is 8.18. The zero-order valence-corrected chi connectivity index (χ0v) is 13.8. The molecule has 1 unspecified atom stereocenters. The zero-order chi connectivity index (χ0) is 16.4. The van der Waals surface area contributed by atoms with Crippen LogP contribution in [0.25, 0.3) is 0 Å². The molecule has 1 aliphatic carbocycles. The number of rotatable bonds is 4. The summed E-state index contributed by atoms with van der Waals surface area (Å²) in [5.41, 5.74) is 0.0337. The highest BCUT2D eigenvalue weighted by Gasteiger charge is 2.63. The van der Waals surface area contributed by atoms with E-state index >= 15 is 0 Å². The number of likely N-dealkylation sites (N-methyl/N-ethyl adjacent to an activating group) is 1. The number of carbonyl (C=O) groups is 1. The van der Waals surface area contributed by atoms with Crippen molar-refractivity contribution in [1.82, 2.24) is 25.1 Å². The molecule has 3 fully saturated rings. The van der Waals surface area contributed by atoms with Gasteiger partial charge < -0.3 is 14.2 Å². The van der Waals surface area contributed by atoms with Crippen LogP contribution in [0.5, 0.6) is 0 Å². The van der Waals surface area contributed by atoms with Gasteiger partial charge in [0.05, 0.1) is 6.04 Å². The van der Waals surface area contributed by atoms with Crippen molar-refractivity contribution in [3.05, 3.63) is 11.8 Å². The largest absolute Gasteiger partial charge is 0.423 e. The van der Waals surface area contributed by atoms with E-state index in [0.29, 0.717) is 18.3 Å². The topological polar surface area (TPSA) is 85.9 Å². The SMILES string of the molecule is C[C@@H](CN(C)C)c1nnc(C2CC3(CC3)[C@@H]3CN2C(=O)N3O)o1. The van der Waals surface area contributed by atoms with Crippen LogP contribution in [0.1, 0.15) is 49.9 Å². The lowest BCUT2D eigenvalue weighted by molar-refractivity contribution is -0.0783. The number of urea groups is 1. The lowest BCUT2D eigenvalue weighted by atomic mass is 9.85. The molecule has 1 N–H and O–H groups in total. The fourth-order valence-electron chi connectivity index (χ4n) is 4.08. The van der Waals surface area contributed by atoms with E-state index in [4.69, 9.17) is 4.42 Å². The van der Waals surface area contributed by atoms with Crippen molar-refractivity contribution in [2.24, 2.45) is 5.41 Å². The van der Waals surface area contributed by atoms with E-state index in [1.807, 2.05) is 21.0 Å². The molecule has 1 saturated carbocycles. The van der Waals surface area contributed by atoms with Crippen LogP contribution in [0.15, 0.2) is 4.42 Å². The molecule has 126 valence electrons. The van der Waals surface area contributed by atoms with Gasteiger partial charge in [0.25, 0.3) is 0 Å². The standard InChI is InChI=1S/C15H23N5O3/c1-9(7-18(2)3)12-16-17-13(23-12)10-6-15(4-5-15)11-8-19(10)14(21)20(11)22/h9-11,22H,4-8H2,1-3H3/t9-,10?,11-/m0/s1. The second-order valence-electron chi connectivity index (χ2n) is 7.52. The molecule has 8 nitrogen and oxygen atoms in total. The van der Waals surface area contributed by atoms with Crippen molar-refractivity contribution < 1.29 is 14.4 Å². The molecule has 3 heterocycles. The molecular formula is C15H23N5O3.